The molecule has 1 amide bonds. The predicted octanol–water partition coefficient (Wildman–Crippen LogP) is 1.67. The average Bonchev–Trinajstić information content (AvgIpc) is 3.10. The van der Waals surface area contributed by atoms with Gasteiger partial charge in [-0.3, -0.25) is 9.59 Å². The Kier molecular flexibility index (Phi) is 3.96. The molecule has 0 spiro atoms. The standard InChI is InChI=1S/C19H15N3O4/c23-16(22-10-9-12-5-1-4-8-15(12)22)11-26-19(25)17-13-6-2-3-7-14(13)18(24)21-20-17/h1-8H,9-11H2,(H,21,24). The zero-order valence-electron chi connectivity index (χ0n) is 13.8. The Morgan fingerprint density at radius 1 is 1.08 bits per heavy atom. The number of ether oxygens (including phenoxy) is 1. The van der Waals surface area contributed by atoms with Crippen molar-refractivity contribution in [2.75, 3.05) is 18.1 Å². The molecule has 0 unspecified atom stereocenters. The lowest BCUT2D eigenvalue weighted by Gasteiger charge is -2.17. The second-order valence-corrected chi connectivity index (χ2v) is 5.95. The topological polar surface area (TPSA) is 92.4 Å². The van der Waals surface area contributed by atoms with Crippen molar-refractivity contribution in [3.05, 3.63) is 70.1 Å². The maximum atomic E-state index is 12.4. The van der Waals surface area contributed by atoms with E-state index >= 15 is 0 Å². The van der Waals surface area contributed by atoms with E-state index in [0.29, 0.717) is 17.3 Å². The summed E-state index contributed by atoms with van der Waals surface area (Å²) < 4.78 is 5.15. The molecule has 0 bridgehead atoms. The van der Waals surface area contributed by atoms with E-state index in [9.17, 15) is 14.4 Å². The van der Waals surface area contributed by atoms with Gasteiger partial charge in [0.05, 0.1) is 5.39 Å². The minimum atomic E-state index is -0.752. The van der Waals surface area contributed by atoms with Crippen molar-refractivity contribution < 1.29 is 14.3 Å². The lowest BCUT2D eigenvalue weighted by atomic mass is 10.1. The highest BCUT2D eigenvalue weighted by Crippen LogP contribution is 2.27. The zero-order chi connectivity index (χ0) is 18.1. The van der Waals surface area contributed by atoms with Gasteiger partial charge in [0.25, 0.3) is 11.5 Å². The molecule has 4 rings (SSSR count). The summed E-state index contributed by atoms with van der Waals surface area (Å²) >= 11 is 0. The highest BCUT2D eigenvalue weighted by molar-refractivity contribution is 6.03. The van der Waals surface area contributed by atoms with Crippen LogP contribution in [0.3, 0.4) is 0 Å². The summed E-state index contributed by atoms with van der Waals surface area (Å²) in [6.07, 6.45) is 0.780. The first-order valence-electron chi connectivity index (χ1n) is 8.18. The molecule has 0 aliphatic carbocycles. The molecular formula is C19H15N3O4. The molecule has 3 aromatic rings. The van der Waals surface area contributed by atoms with E-state index in [4.69, 9.17) is 4.74 Å². The third-order valence-corrected chi connectivity index (χ3v) is 4.40. The number of nitrogens with one attached hydrogen (secondary N) is 1. The number of aromatic amines is 1. The van der Waals surface area contributed by atoms with Crippen molar-refractivity contribution in [3.63, 3.8) is 0 Å². The number of para-hydroxylation sites is 1. The first-order chi connectivity index (χ1) is 12.6. The SMILES string of the molecule is O=C(OCC(=O)N1CCc2ccccc21)c1n[nH]c(=O)c2ccccc12. The lowest BCUT2D eigenvalue weighted by Crippen LogP contribution is -2.33. The van der Waals surface area contributed by atoms with Crippen LogP contribution in [0.25, 0.3) is 10.8 Å². The van der Waals surface area contributed by atoms with Gasteiger partial charge in [0.2, 0.25) is 0 Å². The van der Waals surface area contributed by atoms with Gasteiger partial charge >= 0.3 is 5.97 Å². The van der Waals surface area contributed by atoms with Crippen LogP contribution >= 0.6 is 0 Å². The molecule has 7 heteroatoms. The van der Waals surface area contributed by atoms with Gasteiger partial charge in [-0.15, -0.1) is 0 Å². The highest BCUT2D eigenvalue weighted by Gasteiger charge is 2.25. The maximum absolute atomic E-state index is 12.4. The summed E-state index contributed by atoms with van der Waals surface area (Å²) in [5, 5.41) is 6.79. The number of fused-ring (bicyclic) bond motifs is 2. The van der Waals surface area contributed by atoms with Crippen molar-refractivity contribution in [1.82, 2.24) is 10.2 Å². The molecule has 130 valence electrons. The number of esters is 1. The normalized spacial score (nSPS) is 12.8. The monoisotopic (exact) mass is 349 g/mol. The van der Waals surface area contributed by atoms with Gasteiger partial charge in [-0.05, 0) is 24.1 Å². The summed E-state index contributed by atoms with van der Waals surface area (Å²) in [4.78, 5) is 38.2. The molecule has 0 atom stereocenters. The predicted molar refractivity (Wildman–Crippen MR) is 95.1 cm³/mol. The van der Waals surface area contributed by atoms with Crippen LogP contribution in [0.2, 0.25) is 0 Å². The van der Waals surface area contributed by atoms with E-state index in [0.717, 1.165) is 17.7 Å². The number of aromatic nitrogens is 2. The number of H-pyrrole nitrogens is 1. The van der Waals surface area contributed by atoms with E-state index in [1.807, 2.05) is 24.3 Å². The molecule has 1 aliphatic rings. The Balaban J connectivity index is 1.51. The molecule has 2 aromatic carbocycles. The summed E-state index contributed by atoms with van der Waals surface area (Å²) in [5.74, 6) is -1.05. The molecule has 0 radical (unpaired) electrons. The Labute approximate surface area is 148 Å². The molecule has 1 N–H and O–H groups in total. The third-order valence-electron chi connectivity index (χ3n) is 4.40. The van der Waals surface area contributed by atoms with E-state index in [1.54, 1.807) is 29.2 Å². The number of carbonyl (C=O) groups excluding carboxylic acids is 2. The largest absolute Gasteiger partial charge is 0.451 e. The third kappa shape index (κ3) is 2.73. The van der Waals surface area contributed by atoms with Gasteiger partial charge in [-0.25, -0.2) is 9.89 Å². The number of carbonyl (C=O) groups is 2. The van der Waals surface area contributed by atoms with Crippen LogP contribution in [0, 0.1) is 0 Å². The minimum Gasteiger partial charge on any atom is -0.451 e. The Morgan fingerprint density at radius 3 is 2.65 bits per heavy atom. The summed E-state index contributed by atoms with van der Waals surface area (Å²) in [6, 6.07) is 14.3. The van der Waals surface area contributed by atoms with Crippen LogP contribution in [0.15, 0.2) is 53.3 Å². The van der Waals surface area contributed by atoms with Gasteiger partial charge < -0.3 is 9.64 Å². The van der Waals surface area contributed by atoms with Gasteiger partial charge in [-0.1, -0.05) is 36.4 Å². The van der Waals surface area contributed by atoms with E-state index in [-0.39, 0.29) is 23.8 Å². The minimum absolute atomic E-state index is 0.0187. The molecule has 2 heterocycles. The van der Waals surface area contributed by atoms with Crippen LogP contribution in [-0.2, 0) is 16.0 Å². The zero-order valence-corrected chi connectivity index (χ0v) is 13.8. The van der Waals surface area contributed by atoms with Gasteiger partial charge in [0, 0.05) is 17.6 Å². The van der Waals surface area contributed by atoms with Gasteiger partial charge in [0.15, 0.2) is 12.3 Å². The molecule has 0 saturated heterocycles. The number of amides is 1. The van der Waals surface area contributed by atoms with Crippen LogP contribution in [0.1, 0.15) is 16.1 Å². The fourth-order valence-electron chi connectivity index (χ4n) is 3.14. The van der Waals surface area contributed by atoms with Crippen LogP contribution in [0.5, 0.6) is 0 Å². The first kappa shape index (κ1) is 16.0. The van der Waals surface area contributed by atoms with Crippen molar-refractivity contribution in [1.29, 1.82) is 0 Å². The molecule has 0 fully saturated rings. The summed E-state index contributed by atoms with van der Waals surface area (Å²) in [7, 11) is 0. The second kappa shape index (κ2) is 6.44. The number of hydrogen-bond acceptors (Lipinski definition) is 5. The molecular weight excluding hydrogens is 334 g/mol. The highest BCUT2D eigenvalue weighted by atomic mass is 16.5. The van der Waals surface area contributed by atoms with E-state index < -0.39 is 5.97 Å². The van der Waals surface area contributed by atoms with Gasteiger partial charge in [0.1, 0.15) is 0 Å². The Hall–Kier alpha value is -3.48. The number of rotatable bonds is 3. The van der Waals surface area contributed by atoms with Crippen molar-refractivity contribution in [3.8, 4) is 0 Å². The number of benzene rings is 2. The fourth-order valence-corrected chi connectivity index (χ4v) is 3.14. The number of hydrogen-bond donors (Lipinski definition) is 1. The van der Waals surface area contributed by atoms with Gasteiger partial charge in [-0.2, -0.15) is 5.10 Å². The number of anilines is 1. The van der Waals surface area contributed by atoms with Crippen molar-refractivity contribution in [2.24, 2.45) is 0 Å². The van der Waals surface area contributed by atoms with Crippen molar-refractivity contribution in [2.45, 2.75) is 6.42 Å². The van der Waals surface area contributed by atoms with Crippen LogP contribution < -0.4 is 10.5 Å². The van der Waals surface area contributed by atoms with Crippen molar-refractivity contribution >= 4 is 28.3 Å². The Morgan fingerprint density at radius 2 is 1.81 bits per heavy atom. The lowest BCUT2D eigenvalue weighted by molar-refractivity contribution is -0.121. The molecule has 7 nitrogen and oxygen atoms in total. The number of nitrogens with zero attached hydrogens (tertiary/aromatic N) is 2. The smallest absolute Gasteiger partial charge is 0.359 e. The summed E-state index contributed by atoms with van der Waals surface area (Å²) in [6.45, 7) is 0.178. The van der Waals surface area contributed by atoms with E-state index in [1.165, 1.54) is 0 Å². The molecule has 1 aromatic heterocycles. The molecule has 1 aliphatic heterocycles. The maximum Gasteiger partial charge on any atom is 0.359 e. The first-order valence-corrected chi connectivity index (χ1v) is 8.18. The quantitative estimate of drug-likeness (QED) is 0.726. The molecule has 0 saturated carbocycles. The average molecular weight is 349 g/mol. The van der Waals surface area contributed by atoms with Crippen LogP contribution in [0.4, 0.5) is 5.69 Å². The van der Waals surface area contributed by atoms with E-state index in [2.05, 4.69) is 10.2 Å². The Bertz CT molecular complexity index is 1070. The molecule has 26 heavy (non-hydrogen) atoms. The summed E-state index contributed by atoms with van der Waals surface area (Å²) in [5.41, 5.74) is 1.54. The second-order valence-electron chi connectivity index (χ2n) is 5.95. The fraction of sp³-hybridized carbons (Fsp3) is 0.158. The van der Waals surface area contributed by atoms with Crippen LogP contribution in [-0.4, -0.2) is 35.2 Å².